The molecule has 1 unspecified atom stereocenters. The molecular weight excluding hydrogens is 442 g/mol. The van der Waals surface area contributed by atoms with Crippen molar-refractivity contribution in [3.05, 3.63) is 74.9 Å². The zero-order valence-corrected chi connectivity index (χ0v) is 17.3. The first-order valence-electron chi connectivity index (χ1n) is 8.79. The standard InChI is InChI=1S/C20H18BrN3O5/c1-3-29-19(26)20(2)17(21)16(18(25)23(20)14-7-5-4-6-8-14)22-13-9-11-15(12-10-13)24(27)28/h4-12,22H,3H2,1-2H3. The molecule has 0 aromatic heterocycles. The van der Waals surface area contributed by atoms with E-state index in [1.807, 2.05) is 6.07 Å². The summed E-state index contributed by atoms with van der Waals surface area (Å²) in [5.74, 6) is -1.01. The van der Waals surface area contributed by atoms with Crippen LogP contribution in [0.2, 0.25) is 0 Å². The molecule has 150 valence electrons. The first kappa shape index (κ1) is 20.5. The smallest absolute Gasteiger partial charge is 0.337 e. The molecule has 3 rings (SSSR count). The van der Waals surface area contributed by atoms with E-state index < -0.39 is 22.3 Å². The number of halogens is 1. The predicted octanol–water partition coefficient (Wildman–Crippen LogP) is 3.98. The minimum Gasteiger partial charge on any atom is -0.464 e. The van der Waals surface area contributed by atoms with Crippen LogP contribution in [0.1, 0.15) is 13.8 Å². The quantitative estimate of drug-likeness (QED) is 0.398. The third-order valence-electron chi connectivity index (χ3n) is 4.55. The number of amides is 1. The van der Waals surface area contributed by atoms with Gasteiger partial charge >= 0.3 is 5.97 Å². The SMILES string of the molecule is CCOC(=O)C1(C)C(Br)=C(Nc2ccc([N+](=O)[O-])cc2)C(=O)N1c1ccccc1. The van der Waals surface area contributed by atoms with Gasteiger partial charge in [0.1, 0.15) is 5.70 Å². The van der Waals surface area contributed by atoms with Crippen molar-refractivity contribution in [1.29, 1.82) is 0 Å². The maximum atomic E-state index is 13.3. The van der Waals surface area contributed by atoms with Crippen molar-refractivity contribution in [1.82, 2.24) is 0 Å². The monoisotopic (exact) mass is 459 g/mol. The highest BCUT2D eigenvalue weighted by Gasteiger charge is 2.54. The van der Waals surface area contributed by atoms with Crippen molar-refractivity contribution in [2.75, 3.05) is 16.8 Å². The molecule has 29 heavy (non-hydrogen) atoms. The van der Waals surface area contributed by atoms with Gasteiger partial charge in [0.25, 0.3) is 11.6 Å². The summed E-state index contributed by atoms with van der Waals surface area (Å²) in [4.78, 5) is 37.8. The third kappa shape index (κ3) is 3.61. The average Bonchev–Trinajstić information content (AvgIpc) is 2.90. The second-order valence-corrected chi connectivity index (χ2v) is 7.18. The van der Waals surface area contributed by atoms with E-state index in [0.29, 0.717) is 15.9 Å². The summed E-state index contributed by atoms with van der Waals surface area (Å²) in [6.45, 7) is 3.46. The Kier molecular flexibility index (Phi) is 5.69. The van der Waals surface area contributed by atoms with Crippen LogP contribution in [-0.2, 0) is 14.3 Å². The van der Waals surface area contributed by atoms with E-state index in [1.54, 1.807) is 38.1 Å². The van der Waals surface area contributed by atoms with E-state index in [0.717, 1.165) is 0 Å². The Morgan fingerprint density at radius 3 is 2.38 bits per heavy atom. The van der Waals surface area contributed by atoms with Gasteiger partial charge in [0.15, 0.2) is 5.54 Å². The highest BCUT2D eigenvalue weighted by Crippen LogP contribution is 2.43. The highest BCUT2D eigenvalue weighted by molar-refractivity contribution is 9.11. The Hall–Kier alpha value is -3.20. The number of para-hydroxylation sites is 1. The Bertz CT molecular complexity index is 991. The summed E-state index contributed by atoms with van der Waals surface area (Å²) in [7, 11) is 0. The van der Waals surface area contributed by atoms with Crippen LogP contribution in [0.3, 0.4) is 0 Å². The Balaban J connectivity index is 2.04. The van der Waals surface area contributed by atoms with Crippen molar-refractivity contribution in [2.45, 2.75) is 19.4 Å². The normalized spacial score (nSPS) is 18.7. The Morgan fingerprint density at radius 1 is 1.21 bits per heavy atom. The van der Waals surface area contributed by atoms with Crippen molar-refractivity contribution in [3.8, 4) is 0 Å². The molecule has 9 heteroatoms. The van der Waals surface area contributed by atoms with E-state index in [-0.39, 0.29) is 18.0 Å². The van der Waals surface area contributed by atoms with Gasteiger partial charge in [-0.15, -0.1) is 0 Å². The zero-order valence-electron chi connectivity index (χ0n) is 15.7. The number of nitro groups is 1. The second kappa shape index (κ2) is 8.04. The Morgan fingerprint density at radius 2 is 1.83 bits per heavy atom. The molecule has 1 N–H and O–H groups in total. The number of nitrogens with one attached hydrogen (secondary N) is 1. The van der Waals surface area contributed by atoms with Gasteiger partial charge in [-0.25, -0.2) is 4.79 Å². The van der Waals surface area contributed by atoms with Crippen LogP contribution in [0.4, 0.5) is 17.1 Å². The highest BCUT2D eigenvalue weighted by atomic mass is 79.9. The maximum absolute atomic E-state index is 13.3. The van der Waals surface area contributed by atoms with Gasteiger partial charge in [-0.05, 0) is 54.0 Å². The number of nitro benzene ring substituents is 1. The lowest BCUT2D eigenvalue weighted by atomic mass is 10.0. The molecule has 2 aromatic rings. The zero-order chi connectivity index (χ0) is 21.2. The molecular formula is C20H18BrN3O5. The first-order chi connectivity index (χ1) is 13.8. The van der Waals surface area contributed by atoms with Gasteiger partial charge in [-0.1, -0.05) is 18.2 Å². The molecule has 0 fully saturated rings. The lowest BCUT2D eigenvalue weighted by molar-refractivity contribution is -0.384. The molecule has 0 aliphatic carbocycles. The number of non-ortho nitro benzene ring substituents is 1. The van der Waals surface area contributed by atoms with E-state index in [2.05, 4.69) is 21.2 Å². The number of ether oxygens (including phenoxy) is 1. The number of hydrogen-bond acceptors (Lipinski definition) is 6. The van der Waals surface area contributed by atoms with Crippen LogP contribution in [-0.4, -0.2) is 28.9 Å². The number of rotatable bonds is 6. The van der Waals surface area contributed by atoms with Gasteiger partial charge in [0.2, 0.25) is 0 Å². The predicted molar refractivity (Wildman–Crippen MR) is 112 cm³/mol. The van der Waals surface area contributed by atoms with Crippen molar-refractivity contribution in [3.63, 3.8) is 0 Å². The van der Waals surface area contributed by atoms with Gasteiger partial charge in [0.05, 0.1) is 16.0 Å². The van der Waals surface area contributed by atoms with E-state index >= 15 is 0 Å². The number of anilines is 2. The lowest BCUT2D eigenvalue weighted by Crippen LogP contribution is -2.52. The molecule has 1 aliphatic heterocycles. The van der Waals surface area contributed by atoms with E-state index in [1.165, 1.54) is 29.2 Å². The number of carbonyl (C=O) groups excluding carboxylic acids is 2. The summed E-state index contributed by atoms with van der Waals surface area (Å²) in [6, 6.07) is 14.4. The van der Waals surface area contributed by atoms with Crippen LogP contribution in [0.5, 0.6) is 0 Å². The molecule has 0 bridgehead atoms. The summed E-state index contributed by atoms with van der Waals surface area (Å²) >= 11 is 3.42. The number of carbonyl (C=O) groups is 2. The molecule has 2 aromatic carbocycles. The van der Waals surface area contributed by atoms with Crippen LogP contribution in [0.15, 0.2) is 64.8 Å². The van der Waals surface area contributed by atoms with Crippen LogP contribution in [0, 0.1) is 10.1 Å². The Labute approximate surface area is 175 Å². The summed E-state index contributed by atoms with van der Waals surface area (Å²) in [5.41, 5.74) is -0.318. The third-order valence-corrected chi connectivity index (χ3v) is 5.71. The minimum atomic E-state index is -1.41. The van der Waals surface area contributed by atoms with Crippen molar-refractivity contribution >= 4 is 44.9 Å². The summed E-state index contributed by atoms with van der Waals surface area (Å²) in [6.07, 6.45) is 0. The van der Waals surface area contributed by atoms with Crippen LogP contribution in [0.25, 0.3) is 0 Å². The molecule has 1 heterocycles. The van der Waals surface area contributed by atoms with Gasteiger partial charge < -0.3 is 10.1 Å². The number of esters is 1. The molecule has 0 saturated heterocycles. The molecule has 8 nitrogen and oxygen atoms in total. The molecule has 1 atom stereocenters. The molecule has 1 amide bonds. The van der Waals surface area contributed by atoms with Crippen molar-refractivity contribution < 1.29 is 19.2 Å². The fraction of sp³-hybridized carbons (Fsp3) is 0.200. The molecule has 0 saturated carbocycles. The molecule has 0 radical (unpaired) electrons. The number of nitrogens with zero attached hydrogens (tertiary/aromatic N) is 2. The fourth-order valence-electron chi connectivity index (χ4n) is 3.07. The topological polar surface area (TPSA) is 102 Å². The van der Waals surface area contributed by atoms with Crippen LogP contribution >= 0.6 is 15.9 Å². The lowest BCUT2D eigenvalue weighted by Gasteiger charge is -2.33. The molecule has 1 aliphatic rings. The first-order valence-corrected chi connectivity index (χ1v) is 9.58. The summed E-state index contributed by atoms with van der Waals surface area (Å²) in [5, 5.41) is 13.8. The van der Waals surface area contributed by atoms with Gasteiger partial charge in [0, 0.05) is 23.5 Å². The van der Waals surface area contributed by atoms with E-state index in [9.17, 15) is 19.7 Å². The second-order valence-electron chi connectivity index (χ2n) is 6.39. The van der Waals surface area contributed by atoms with Gasteiger partial charge in [-0.2, -0.15) is 0 Å². The average molecular weight is 460 g/mol. The van der Waals surface area contributed by atoms with Crippen molar-refractivity contribution in [2.24, 2.45) is 0 Å². The summed E-state index contributed by atoms with van der Waals surface area (Å²) < 4.78 is 5.56. The number of benzene rings is 2. The maximum Gasteiger partial charge on any atom is 0.337 e. The number of hydrogen-bond donors (Lipinski definition) is 1. The van der Waals surface area contributed by atoms with E-state index in [4.69, 9.17) is 4.74 Å². The fourth-order valence-corrected chi connectivity index (χ4v) is 3.68. The minimum absolute atomic E-state index is 0.0661. The van der Waals surface area contributed by atoms with Gasteiger partial charge in [-0.3, -0.25) is 19.8 Å². The molecule has 0 spiro atoms. The largest absolute Gasteiger partial charge is 0.464 e. The van der Waals surface area contributed by atoms with Crippen LogP contribution < -0.4 is 10.2 Å².